The fourth-order valence-electron chi connectivity index (χ4n) is 5.82. The molecule has 1 aliphatic carbocycles. The molecule has 0 fully saturated rings. The van der Waals surface area contributed by atoms with Crippen molar-refractivity contribution in [2.75, 3.05) is 6.61 Å². The molecule has 0 aromatic heterocycles. The smallest absolute Gasteiger partial charge is 0.407 e. The summed E-state index contributed by atoms with van der Waals surface area (Å²) in [6, 6.07) is 22.8. The highest BCUT2D eigenvalue weighted by atomic mass is 16.6. The number of amides is 1. The molecule has 0 bridgehead atoms. The van der Waals surface area contributed by atoms with Crippen LogP contribution in [-0.4, -0.2) is 47.5 Å². The molecule has 3 aromatic rings. The van der Waals surface area contributed by atoms with Gasteiger partial charge in [-0.15, -0.1) is 0 Å². The summed E-state index contributed by atoms with van der Waals surface area (Å²) in [5.41, 5.74) is 5.56. The van der Waals surface area contributed by atoms with E-state index in [9.17, 15) is 19.5 Å². The zero-order valence-electron chi connectivity index (χ0n) is 29.3. The minimum atomic E-state index is -0.935. The quantitative estimate of drug-likeness (QED) is 0.102. The predicted molar refractivity (Wildman–Crippen MR) is 191 cm³/mol. The van der Waals surface area contributed by atoms with Gasteiger partial charge in [0.2, 0.25) is 0 Å². The molecule has 0 saturated heterocycles. The van der Waals surface area contributed by atoms with Crippen LogP contribution in [0.1, 0.15) is 82.6 Å². The normalized spacial score (nSPS) is 14.7. The van der Waals surface area contributed by atoms with Crippen LogP contribution >= 0.6 is 0 Å². The first-order chi connectivity index (χ1) is 23.3. The summed E-state index contributed by atoms with van der Waals surface area (Å²) in [5, 5.41) is 12.1. The monoisotopic (exact) mass is 667 g/mol. The van der Waals surface area contributed by atoms with Gasteiger partial charge in [0.15, 0.2) is 0 Å². The summed E-state index contributed by atoms with van der Waals surface area (Å²) < 4.78 is 17.2. The second-order valence-electron chi connectivity index (χ2n) is 13.9. The van der Waals surface area contributed by atoms with E-state index >= 15 is 0 Å². The van der Waals surface area contributed by atoms with Crippen molar-refractivity contribution in [2.45, 2.75) is 84.7 Å². The number of alkyl carbamates (subject to hydrolysis) is 1. The average Bonchev–Trinajstić information content (AvgIpc) is 3.38. The molecule has 3 atom stereocenters. The number of rotatable bonds is 14. The van der Waals surface area contributed by atoms with Crippen LogP contribution in [0.2, 0.25) is 0 Å². The number of hydrogen-bond donors (Lipinski definition) is 2. The molecule has 0 aliphatic heterocycles. The van der Waals surface area contributed by atoms with Gasteiger partial charge in [-0.3, -0.25) is 0 Å². The number of carbonyl (C=O) groups is 3. The van der Waals surface area contributed by atoms with E-state index in [1.54, 1.807) is 26.8 Å². The van der Waals surface area contributed by atoms with Gasteiger partial charge in [0.25, 0.3) is 0 Å². The number of aliphatic hydroxyl groups excluding tert-OH is 1. The van der Waals surface area contributed by atoms with Crippen molar-refractivity contribution in [1.29, 1.82) is 0 Å². The third-order valence-electron chi connectivity index (χ3n) is 8.26. The van der Waals surface area contributed by atoms with Gasteiger partial charge in [0.1, 0.15) is 24.4 Å². The van der Waals surface area contributed by atoms with Crippen LogP contribution in [0, 0.1) is 11.8 Å². The molecule has 2 N–H and O–H groups in total. The van der Waals surface area contributed by atoms with Crippen molar-refractivity contribution < 1.29 is 33.7 Å². The molecule has 1 unspecified atom stereocenters. The third kappa shape index (κ3) is 10.9. The average molecular weight is 668 g/mol. The Morgan fingerprint density at radius 1 is 0.898 bits per heavy atom. The molecule has 49 heavy (non-hydrogen) atoms. The van der Waals surface area contributed by atoms with Gasteiger partial charge < -0.3 is 24.6 Å². The van der Waals surface area contributed by atoms with Crippen LogP contribution < -0.4 is 5.32 Å². The Morgan fingerprint density at radius 3 is 2.08 bits per heavy atom. The molecule has 3 aromatic carbocycles. The highest BCUT2D eigenvalue weighted by Gasteiger charge is 2.31. The Kier molecular flexibility index (Phi) is 13.0. The van der Waals surface area contributed by atoms with Gasteiger partial charge in [-0.25, -0.2) is 14.4 Å². The van der Waals surface area contributed by atoms with Crippen LogP contribution in [0.15, 0.2) is 91.0 Å². The standard InChI is InChI=1S/C41H49NO7/c1-27(2)24-36(42-40(46)47-26-35-33-14-9-7-12-31(33)32-13-8-10-15-34(32)35)39(45)48-37(16-11-17-38(44)49-41(4,5)6)28(3)18-19-29-20-22-30(25-43)23-21-29/h7-15,17-23,27-28,35-37,43H,16,24-26H2,1-6H3,(H,42,46)/t28-,36?,37+/m1/s1. The number of carbonyl (C=O) groups excluding carboxylic acids is 3. The van der Waals surface area contributed by atoms with E-state index in [0.717, 1.165) is 33.4 Å². The van der Waals surface area contributed by atoms with E-state index < -0.39 is 35.8 Å². The summed E-state index contributed by atoms with van der Waals surface area (Å²) in [6.45, 7) is 11.3. The minimum Gasteiger partial charge on any atom is -0.460 e. The van der Waals surface area contributed by atoms with E-state index in [1.165, 1.54) is 6.08 Å². The lowest BCUT2D eigenvalue weighted by Crippen LogP contribution is -2.44. The van der Waals surface area contributed by atoms with E-state index in [-0.39, 0.29) is 37.4 Å². The molecule has 1 aliphatic rings. The van der Waals surface area contributed by atoms with Crippen molar-refractivity contribution >= 4 is 24.1 Å². The van der Waals surface area contributed by atoms with Gasteiger partial charge in [0, 0.05) is 24.3 Å². The number of aliphatic hydroxyl groups is 1. The largest absolute Gasteiger partial charge is 0.460 e. The van der Waals surface area contributed by atoms with Crippen molar-refractivity contribution in [3.05, 3.63) is 113 Å². The lowest BCUT2D eigenvalue weighted by atomic mass is 9.98. The third-order valence-corrected chi connectivity index (χ3v) is 8.26. The van der Waals surface area contributed by atoms with Crippen LogP contribution in [0.5, 0.6) is 0 Å². The minimum absolute atomic E-state index is 0.0377. The second-order valence-corrected chi connectivity index (χ2v) is 13.9. The number of ether oxygens (including phenoxy) is 3. The number of fused-ring (bicyclic) bond motifs is 3. The Balaban J connectivity index is 1.45. The Bertz CT molecular complexity index is 1590. The second kappa shape index (κ2) is 17.1. The highest BCUT2D eigenvalue weighted by molar-refractivity contribution is 5.83. The van der Waals surface area contributed by atoms with E-state index in [4.69, 9.17) is 14.2 Å². The van der Waals surface area contributed by atoms with Crippen LogP contribution in [0.25, 0.3) is 17.2 Å². The summed E-state index contributed by atoms with van der Waals surface area (Å²) >= 11 is 0. The van der Waals surface area contributed by atoms with Crippen molar-refractivity contribution in [2.24, 2.45) is 11.8 Å². The fourth-order valence-corrected chi connectivity index (χ4v) is 5.82. The Labute approximate surface area is 290 Å². The fraction of sp³-hybridized carbons (Fsp3) is 0.390. The maximum absolute atomic E-state index is 13.7. The van der Waals surface area contributed by atoms with Gasteiger partial charge in [-0.1, -0.05) is 112 Å². The highest BCUT2D eigenvalue weighted by Crippen LogP contribution is 2.44. The Morgan fingerprint density at radius 2 is 1.51 bits per heavy atom. The molecular weight excluding hydrogens is 618 g/mol. The summed E-state index contributed by atoms with van der Waals surface area (Å²) in [7, 11) is 0. The summed E-state index contributed by atoms with van der Waals surface area (Å²) in [5.74, 6) is -1.35. The zero-order chi connectivity index (χ0) is 35.6. The molecule has 8 heteroatoms. The molecular formula is C41H49NO7. The van der Waals surface area contributed by atoms with E-state index in [2.05, 4.69) is 29.6 Å². The van der Waals surface area contributed by atoms with Crippen LogP contribution in [0.3, 0.4) is 0 Å². The molecule has 0 radical (unpaired) electrons. The molecule has 0 spiro atoms. The predicted octanol–water partition coefficient (Wildman–Crippen LogP) is 7.98. The SMILES string of the molecule is CC(C)CC(NC(=O)OCC1c2ccccc2-c2ccccc21)C(=O)O[C@@H](CC=CC(=O)OC(C)(C)C)[C@H](C)C=Cc1ccc(CO)cc1. The van der Waals surface area contributed by atoms with Crippen molar-refractivity contribution in [1.82, 2.24) is 5.32 Å². The van der Waals surface area contributed by atoms with Crippen LogP contribution in [-0.2, 0) is 30.4 Å². The number of benzene rings is 3. The molecule has 8 nitrogen and oxygen atoms in total. The lowest BCUT2D eigenvalue weighted by molar-refractivity contribution is -0.153. The topological polar surface area (TPSA) is 111 Å². The van der Waals surface area contributed by atoms with E-state index in [0.29, 0.717) is 6.42 Å². The molecule has 0 heterocycles. The van der Waals surface area contributed by atoms with Crippen molar-refractivity contribution in [3.8, 4) is 11.1 Å². The Hall–Kier alpha value is -4.69. The maximum Gasteiger partial charge on any atom is 0.407 e. The van der Waals surface area contributed by atoms with Crippen molar-refractivity contribution in [3.63, 3.8) is 0 Å². The van der Waals surface area contributed by atoms with Gasteiger partial charge in [-0.2, -0.15) is 0 Å². The van der Waals surface area contributed by atoms with Gasteiger partial charge >= 0.3 is 18.0 Å². The number of esters is 2. The van der Waals surface area contributed by atoms with Gasteiger partial charge in [-0.05, 0) is 66.5 Å². The summed E-state index contributed by atoms with van der Waals surface area (Å²) in [6.07, 6.45) is 6.11. The number of hydrogen-bond acceptors (Lipinski definition) is 7. The molecule has 260 valence electrons. The molecule has 4 rings (SSSR count). The summed E-state index contributed by atoms with van der Waals surface area (Å²) in [4.78, 5) is 39.2. The number of nitrogens with one attached hydrogen (secondary N) is 1. The lowest BCUT2D eigenvalue weighted by Gasteiger charge is -2.26. The first-order valence-corrected chi connectivity index (χ1v) is 16.9. The first-order valence-electron chi connectivity index (χ1n) is 16.9. The first kappa shape index (κ1) is 37.1. The van der Waals surface area contributed by atoms with Crippen LogP contribution in [0.4, 0.5) is 4.79 Å². The maximum atomic E-state index is 13.7. The molecule has 0 saturated carbocycles. The van der Waals surface area contributed by atoms with Gasteiger partial charge in [0.05, 0.1) is 6.61 Å². The molecule has 1 amide bonds. The zero-order valence-corrected chi connectivity index (χ0v) is 29.3. The van der Waals surface area contributed by atoms with E-state index in [1.807, 2.05) is 81.5 Å².